The molecule has 1 aliphatic carbocycles. The summed E-state index contributed by atoms with van der Waals surface area (Å²) in [5.74, 6) is -0.807. The highest BCUT2D eigenvalue weighted by molar-refractivity contribution is 5.71. The molecule has 0 radical (unpaired) electrons. The molecular weight excluding hydrogens is 264 g/mol. The summed E-state index contributed by atoms with van der Waals surface area (Å²) in [4.78, 5) is 11.4. The smallest absolute Gasteiger partial charge is 0.307 e. The van der Waals surface area contributed by atoms with Crippen LogP contribution in [0.15, 0.2) is 24.3 Å². The van der Waals surface area contributed by atoms with Crippen LogP contribution in [0.25, 0.3) is 0 Å². The lowest BCUT2D eigenvalue weighted by atomic mass is 9.61. The van der Waals surface area contributed by atoms with Gasteiger partial charge < -0.3 is 10.4 Å². The summed E-state index contributed by atoms with van der Waals surface area (Å²) in [5, 5.41) is 22.0. The van der Waals surface area contributed by atoms with E-state index in [1.165, 1.54) is 0 Å². The quantitative estimate of drug-likeness (QED) is 0.892. The zero-order valence-corrected chi connectivity index (χ0v) is 12.8. The highest BCUT2D eigenvalue weighted by Crippen LogP contribution is 2.46. The van der Waals surface area contributed by atoms with Gasteiger partial charge in [-0.2, -0.15) is 5.26 Å². The molecule has 1 saturated carbocycles. The number of nitrogens with one attached hydrogen (secondary N) is 1. The van der Waals surface area contributed by atoms with Crippen molar-refractivity contribution in [2.45, 2.75) is 39.7 Å². The first kappa shape index (κ1) is 15.4. The number of carboxylic acids is 1. The maximum Gasteiger partial charge on any atom is 0.307 e. The lowest BCUT2D eigenvalue weighted by molar-refractivity contribution is -0.149. The zero-order chi connectivity index (χ0) is 15.6. The van der Waals surface area contributed by atoms with Crippen LogP contribution in [0, 0.1) is 28.6 Å². The van der Waals surface area contributed by atoms with Gasteiger partial charge in [0.2, 0.25) is 0 Å². The topological polar surface area (TPSA) is 73.1 Å². The molecule has 3 unspecified atom stereocenters. The Bertz CT molecular complexity index is 574. The number of hydrogen-bond acceptors (Lipinski definition) is 3. The predicted molar refractivity (Wildman–Crippen MR) is 81.9 cm³/mol. The summed E-state index contributed by atoms with van der Waals surface area (Å²) in [6, 6.07) is 9.82. The van der Waals surface area contributed by atoms with E-state index < -0.39 is 5.97 Å². The van der Waals surface area contributed by atoms with Crippen LogP contribution in [-0.2, 0) is 4.79 Å². The number of anilines is 1. The first-order valence-corrected chi connectivity index (χ1v) is 7.36. The van der Waals surface area contributed by atoms with Crippen molar-refractivity contribution in [1.29, 1.82) is 5.26 Å². The Balaban J connectivity index is 2.20. The van der Waals surface area contributed by atoms with Crippen molar-refractivity contribution in [2.24, 2.45) is 17.3 Å². The minimum Gasteiger partial charge on any atom is -0.481 e. The number of hydrogen-bond donors (Lipinski definition) is 2. The van der Waals surface area contributed by atoms with Gasteiger partial charge in [0.25, 0.3) is 0 Å². The van der Waals surface area contributed by atoms with Gasteiger partial charge in [0.05, 0.1) is 17.2 Å². The third kappa shape index (κ3) is 2.87. The van der Waals surface area contributed by atoms with Gasteiger partial charge in [0.1, 0.15) is 6.07 Å². The fourth-order valence-electron chi connectivity index (χ4n) is 3.35. The average molecular weight is 286 g/mol. The molecule has 0 bridgehead atoms. The van der Waals surface area contributed by atoms with Crippen LogP contribution in [0.3, 0.4) is 0 Å². The van der Waals surface area contributed by atoms with E-state index in [9.17, 15) is 9.90 Å². The third-order valence-electron chi connectivity index (χ3n) is 5.13. The Morgan fingerprint density at radius 1 is 1.38 bits per heavy atom. The molecule has 2 rings (SSSR count). The van der Waals surface area contributed by atoms with Crippen molar-refractivity contribution in [2.75, 3.05) is 5.32 Å². The number of carbonyl (C=O) groups is 1. The zero-order valence-electron chi connectivity index (χ0n) is 12.8. The van der Waals surface area contributed by atoms with E-state index in [4.69, 9.17) is 5.26 Å². The summed E-state index contributed by atoms with van der Waals surface area (Å²) in [7, 11) is 0. The summed E-state index contributed by atoms with van der Waals surface area (Å²) in [6.07, 6.45) is 1.47. The molecule has 0 spiro atoms. The highest BCUT2D eigenvalue weighted by atomic mass is 16.4. The van der Waals surface area contributed by atoms with Gasteiger partial charge >= 0.3 is 5.97 Å². The molecule has 2 N–H and O–H groups in total. The van der Waals surface area contributed by atoms with Crippen molar-refractivity contribution < 1.29 is 9.90 Å². The number of carboxylic acid groups (broad SMARTS) is 1. The second-order valence-corrected chi connectivity index (χ2v) is 6.49. The maximum absolute atomic E-state index is 11.4. The van der Waals surface area contributed by atoms with E-state index in [0.29, 0.717) is 12.0 Å². The van der Waals surface area contributed by atoms with Crippen molar-refractivity contribution in [3.63, 3.8) is 0 Å². The number of aliphatic carboxylic acids is 1. The molecule has 4 nitrogen and oxygen atoms in total. The van der Waals surface area contributed by atoms with Gasteiger partial charge in [-0.15, -0.1) is 0 Å². The Hall–Kier alpha value is -2.02. The van der Waals surface area contributed by atoms with Crippen LogP contribution in [0.4, 0.5) is 5.69 Å². The first-order valence-electron chi connectivity index (χ1n) is 7.36. The third-order valence-corrected chi connectivity index (χ3v) is 5.13. The van der Waals surface area contributed by atoms with Crippen molar-refractivity contribution in [3.05, 3.63) is 29.8 Å². The van der Waals surface area contributed by atoms with Crippen LogP contribution in [0.2, 0.25) is 0 Å². The second kappa shape index (κ2) is 5.77. The molecule has 112 valence electrons. The van der Waals surface area contributed by atoms with Crippen LogP contribution < -0.4 is 5.32 Å². The molecule has 1 fully saturated rings. The number of benzene rings is 1. The van der Waals surface area contributed by atoms with E-state index in [-0.39, 0.29) is 23.3 Å². The molecule has 4 heteroatoms. The summed E-state index contributed by atoms with van der Waals surface area (Å²) >= 11 is 0. The highest BCUT2D eigenvalue weighted by Gasteiger charge is 2.46. The van der Waals surface area contributed by atoms with Gasteiger partial charge in [0, 0.05) is 6.04 Å². The van der Waals surface area contributed by atoms with Gasteiger partial charge in [-0.3, -0.25) is 4.79 Å². The van der Waals surface area contributed by atoms with Crippen molar-refractivity contribution >= 4 is 11.7 Å². The van der Waals surface area contributed by atoms with Gasteiger partial charge in [0.15, 0.2) is 0 Å². The number of rotatable bonds is 3. The Morgan fingerprint density at radius 3 is 2.67 bits per heavy atom. The largest absolute Gasteiger partial charge is 0.481 e. The summed E-state index contributed by atoms with van der Waals surface area (Å²) in [6.45, 7) is 6.16. The fraction of sp³-hybridized carbons (Fsp3) is 0.529. The molecule has 0 amide bonds. The van der Waals surface area contributed by atoms with E-state index in [1.807, 2.05) is 32.0 Å². The molecule has 1 aromatic rings. The minimum absolute atomic E-state index is 0.185. The lowest BCUT2D eigenvalue weighted by Crippen LogP contribution is -2.48. The van der Waals surface area contributed by atoms with Crippen LogP contribution in [0.5, 0.6) is 0 Å². The van der Waals surface area contributed by atoms with Gasteiger partial charge in [-0.05, 0) is 36.3 Å². The average Bonchev–Trinajstić information content (AvgIpc) is 2.44. The van der Waals surface area contributed by atoms with Crippen molar-refractivity contribution in [3.8, 4) is 6.07 Å². The Labute approximate surface area is 125 Å². The van der Waals surface area contributed by atoms with Crippen LogP contribution in [0.1, 0.15) is 39.2 Å². The lowest BCUT2D eigenvalue weighted by Gasteiger charge is -2.46. The molecule has 0 aliphatic heterocycles. The van der Waals surface area contributed by atoms with E-state index in [0.717, 1.165) is 12.1 Å². The monoisotopic (exact) mass is 286 g/mol. The predicted octanol–water partition coefficient (Wildman–Crippen LogP) is 3.50. The molecular formula is C17H22N2O2. The van der Waals surface area contributed by atoms with Gasteiger partial charge in [-0.25, -0.2) is 0 Å². The van der Waals surface area contributed by atoms with Crippen LogP contribution >= 0.6 is 0 Å². The Morgan fingerprint density at radius 2 is 2.05 bits per heavy atom. The van der Waals surface area contributed by atoms with Crippen molar-refractivity contribution in [1.82, 2.24) is 0 Å². The molecule has 0 heterocycles. The van der Waals surface area contributed by atoms with E-state index in [2.05, 4.69) is 18.3 Å². The summed E-state index contributed by atoms with van der Waals surface area (Å²) < 4.78 is 0. The van der Waals surface area contributed by atoms with E-state index >= 15 is 0 Å². The van der Waals surface area contributed by atoms with Gasteiger partial charge in [-0.1, -0.05) is 32.9 Å². The summed E-state index contributed by atoms with van der Waals surface area (Å²) in [5.41, 5.74) is 1.19. The molecule has 21 heavy (non-hydrogen) atoms. The maximum atomic E-state index is 11.4. The first-order chi connectivity index (χ1) is 9.87. The SMILES string of the molecule is CC1C(Nc2ccccc2C#N)CCC(C(=O)O)C1(C)C. The fourth-order valence-corrected chi connectivity index (χ4v) is 3.35. The standard InChI is InChI=1S/C17H22N2O2/c1-11-14(9-8-13(16(20)21)17(11,2)3)19-15-7-5-4-6-12(15)10-18/h4-7,11,13-14,19H,8-9H2,1-3H3,(H,20,21). The minimum atomic E-state index is -0.706. The molecule has 0 aromatic heterocycles. The molecule has 3 atom stereocenters. The number of nitrogens with zero attached hydrogens (tertiary/aromatic N) is 1. The Kier molecular flexibility index (Phi) is 4.22. The molecule has 1 aromatic carbocycles. The molecule has 1 aliphatic rings. The number of nitriles is 1. The number of para-hydroxylation sites is 1. The molecule has 0 saturated heterocycles. The van der Waals surface area contributed by atoms with Crippen LogP contribution in [-0.4, -0.2) is 17.1 Å². The normalized spacial score (nSPS) is 27.6. The van der Waals surface area contributed by atoms with E-state index in [1.54, 1.807) is 6.07 Å². The second-order valence-electron chi connectivity index (χ2n) is 6.49.